The number of hydrogen-bond acceptors (Lipinski definition) is 3. The molecule has 0 aromatic carbocycles. The zero-order valence-electron chi connectivity index (χ0n) is 10.2. The van der Waals surface area contributed by atoms with Gasteiger partial charge >= 0.3 is 0 Å². The molecule has 0 aliphatic rings. The Morgan fingerprint density at radius 2 is 1.80 bits per heavy atom. The van der Waals surface area contributed by atoms with Crippen molar-refractivity contribution < 1.29 is 4.79 Å². The molecule has 0 spiro atoms. The molecule has 0 radical (unpaired) electrons. The average Bonchev–Trinajstić information content (AvgIpc) is 1.99. The minimum Gasteiger partial charge on any atom is -0.349 e. The van der Waals surface area contributed by atoms with Crippen LogP contribution >= 0.6 is 11.8 Å². The second-order valence-corrected chi connectivity index (χ2v) is 5.65. The van der Waals surface area contributed by atoms with Crippen molar-refractivity contribution in [2.45, 2.75) is 46.0 Å². The van der Waals surface area contributed by atoms with Crippen LogP contribution in [-0.4, -0.2) is 17.3 Å². The molecule has 0 fully saturated rings. The highest BCUT2D eigenvalue weighted by molar-refractivity contribution is 8.04. The molecule has 0 rings (SSSR count). The first-order chi connectivity index (χ1) is 6.82. The van der Waals surface area contributed by atoms with Crippen LogP contribution in [-0.2, 0) is 4.79 Å². The lowest BCUT2D eigenvalue weighted by Crippen LogP contribution is -2.31. The highest BCUT2D eigenvalue weighted by Gasteiger charge is 2.13. The highest BCUT2D eigenvalue weighted by Crippen LogP contribution is 2.20. The number of allylic oxidation sites excluding steroid dienone is 1. The van der Waals surface area contributed by atoms with Crippen LogP contribution in [0.25, 0.3) is 0 Å². The molecule has 3 nitrogen and oxygen atoms in total. The van der Waals surface area contributed by atoms with E-state index in [1.54, 1.807) is 0 Å². The normalized spacial score (nSPS) is 14.5. The number of carbonyl (C=O) groups is 1. The Morgan fingerprint density at radius 3 is 2.13 bits per heavy atom. The van der Waals surface area contributed by atoms with Crippen molar-refractivity contribution in [1.82, 2.24) is 5.32 Å². The standard InChI is InChI=1S/C11H22N2OS/c1-7(2)6-10(15-9(5)12)11(14)13-8(3)4/h6-9H,12H2,1-5H3,(H,13,14)/b10-6-. The molecule has 0 aromatic heterocycles. The van der Waals surface area contributed by atoms with Gasteiger partial charge in [-0.2, -0.15) is 0 Å². The summed E-state index contributed by atoms with van der Waals surface area (Å²) in [7, 11) is 0. The fourth-order valence-corrected chi connectivity index (χ4v) is 1.92. The molecular formula is C11H22N2OS. The first-order valence-corrected chi connectivity index (χ1v) is 6.15. The summed E-state index contributed by atoms with van der Waals surface area (Å²) < 4.78 is 0. The van der Waals surface area contributed by atoms with Crippen molar-refractivity contribution in [3.05, 3.63) is 11.0 Å². The Kier molecular flexibility index (Phi) is 6.68. The van der Waals surface area contributed by atoms with Gasteiger partial charge in [0.05, 0.1) is 10.3 Å². The molecule has 3 N–H and O–H groups in total. The van der Waals surface area contributed by atoms with Crippen LogP contribution in [0.2, 0.25) is 0 Å². The quantitative estimate of drug-likeness (QED) is 0.561. The molecule has 0 saturated heterocycles. The number of rotatable bonds is 5. The van der Waals surface area contributed by atoms with Crippen LogP contribution < -0.4 is 11.1 Å². The summed E-state index contributed by atoms with van der Waals surface area (Å²) in [6.07, 6.45) is 1.95. The predicted molar refractivity (Wildman–Crippen MR) is 67.4 cm³/mol. The van der Waals surface area contributed by atoms with Crippen LogP contribution in [0, 0.1) is 5.92 Å². The van der Waals surface area contributed by atoms with Crippen molar-refractivity contribution in [3.8, 4) is 0 Å². The Bertz CT molecular complexity index is 235. The van der Waals surface area contributed by atoms with E-state index in [9.17, 15) is 4.79 Å². The SMILES string of the molecule is CC(C)/C=C(\SC(C)N)C(=O)NC(C)C. The van der Waals surface area contributed by atoms with Gasteiger partial charge in [-0.25, -0.2) is 0 Å². The van der Waals surface area contributed by atoms with E-state index in [-0.39, 0.29) is 17.3 Å². The number of nitrogens with one attached hydrogen (secondary N) is 1. The molecule has 0 aliphatic heterocycles. The van der Waals surface area contributed by atoms with E-state index in [0.717, 1.165) is 0 Å². The minimum atomic E-state index is -0.0621. The summed E-state index contributed by atoms with van der Waals surface area (Å²) in [4.78, 5) is 12.5. The summed E-state index contributed by atoms with van der Waals surface area (Å²) in [6.45, 7) is 9.86. The molecule has 1 unspecified atom stereocenters. The lowest BCUT2D eigenvalue weighted by atomic mass is 10.2. The van der Waals surface area contributed by atoms with E-state index < -0.39 is 0 Å². The van der Waals surface area contributed by atoms with Gasteiger partial charge in [-0.3, -0.25) is 4.79 Å². The Morgan fingerprint density at radius 1 is 1.27 bits per heavy atom. The van der Waals surface area contributed by atoms with Crippen LogP contribution in [0.4, 0.5) is 0 Å². The minimum absolute atomic E-state index is 0.0269. The van der Waals surface area contributed by atoms with Crippen molar-refractivity contribution in [2.75, 3.05) is 0 Å². The number of amides is 1. The van der Waals surface area contributed by atoms with Gasteiger partial charge in [-0.15, -0.1) is 11.8 Å². The summed E-state index contributed by atoms with van der Waals surface area (Å²) in [5.41, 5.74) is 5.68. The summed E-state index contributed by atoms with van der Waals surface area (Å²) in [5, 5.41) is 2.81. The first-order valence-electron chi connectivity index (χ1n) is 5.27. The molecule has 88 valence electrons. The third-order valence-corrected chi connectivity index (χ3v) is 2.39. The average molecular weight is 230 g/mol. The second-order valence-electron chi connectivity index (χ2n) is 4.23. The van der Waals surface area contributed by atoms with Crippen LogP contribution in [0.1, 0.15) is 34.6 Å². The van der Waals surface area contributed by atoms with E-state index in [0.29, 0.717) is 10.8 Å². The van der Waals surface area contributed by atoms with Gasteiger partial charge in [-0.1, -0.05) is 19.9 Å². The number of hydrogen-bond donors (Lipinski definition) is 2. The molecule has 1 atom stereocenters. The summed E-state index contributed by atoms with van der Waals surface area (Å²) in [6, 6.07) is 0.154. The van der Waals surface area contributed by atoms with Gasteiger partial charge in [0.2, 0.25) is 0 Å². The molecule has 1 amide bonds. The summed E-state index contributed by atoms with van der Waals surface area (Å²) in [5.74, 6) is 0.324. The topological polar surface area (TPSA) is 55.1 Å². The molecule has 0 heterocycles. The molecule has 4 heteroatoms. The zero-order valence-corrected chi connectivity index (χ0v) is 11.0. The van der Waals surface area contributed by atoms with Crippen LogP contribution in [0.5, 0.6) is 0 Å². The first kappa shape index (κ1) is 14.5. The largest absolute Gasteiger partial charge is 0.349 e. The zero-order chi connectivity index (χ0) is 12.0. The third kappa shape index (κ3) is 7.45. The molecule has 0 saturated carbocycles. The maximum atomic E-state index is 11.8. The van der Waals surface area contributed by atoms with Gasteiger partial charge < -0.3 is 11.1 Å². The maximum Gasteiger partial charge on any atom is 0.257 e. The van der Waals surface area contributed by atoms with Crippen LogP contribution in [0.15, 0.2) is 11.0 Å². The summed E-state index contributed by atoms with van der Waals surface area (Å²) >= 11 is 1.40. The van der Waals surface area contributed by atoms with E-state index >= 15 is 0 Å². The van der Waals surface area contributed by atoms with E-state index in [1.165, 1.54) is 11.8 Å². The van der Waals surface area contributed by atoms with E-state index in [1.807, 2.05) is 40.7 Å². The van der Waals surface area contributed by atoms with E-state index in [2.05, 4.69) is 5.32 Å². The van der Waals surface area contributed by atoms with Gasteiger partial charge in [0.1, 0.15) is 0 Å². The molecule has 0 bridgehead atoms. The number of thioether (sulfide) groups is 1. The third-order valence-electron chi connectivity index (χ3n) is 1.44. The fourth-order valence-electron chi connectivity index (χ4n) is 1.00. The highest BCUT2D eigenvalue weighted by atomic mass is 32.2. The van der Waals surface area contributed by atoms with Gasteiger partial charge in [0.25, 0.3) is 5.91 Å². The van der Waals surface area contributed by atoms with Crippen molar-refractivity contribution in [2.24, 2.45) is 11.7 Å². The van der Waals surface area contributed by atoms with Crippen molar-refractivity contribution in [1.29, 1.82) is 0 Å². The lowest BCUT2D eigenvalue weighted by Gasteiger charge is -2.13. The molecular weight excluding hydrogens is 208 g/mol. The predicted octanol–water partition coefficient (Wildman–Crippen LogP) is 2.09. The maximum absolute atomic E-state index is 11.8. The van der Waals surface area contributed by atoms with Gasteiger partial charge in [0.15, 0.2) is 0 Å². The Hall–Kier alpha value is -0.480. The van der Waals surface area contributed by atoms with Gasteiger partial charge in [0, 0.05) is 6.04 Å². The Labute approximate surface area is 96.9 Å². The molecule has 0 aliphatic carbocycles. The van der Waals surface area contributed by atoms with Crippen LogP contribution in [0.3, 0.4) is 0 Å². The Balaban J connectivity index is 4.56. The number of carbonyl (C=O) groups excluding carboxylic acids is 1. The van der Waals surface area contributed by atoms with Crippen molar-refractivity contribution >= 4 is 17.7 Å². The van der Waals surface area contributed by atoms with Gasteiger partial charge in [-0.05, 0) is 26.7 Å². The monoisotopic (exact) mass is 230 g/mol. The second kappa shape index (κ2) is 6.90. The molecule has 15 heavy (non-hydrogen) atoms. The smallest absolute Gasteiger partial charge is 0.257 e. The molecule has 0 aromatic rings. The van der Waals surface area contributed by atoms with Crippen molar-refractivity contribution in [3.63, 3.8) is 0 Å². The lowest BCUT2D eigenvalue weighted by molar-refractivity contribution is -0.117. The number of nitrogens with two attached hydrogens (primary N) is 1. The van der Waals surface area contributed by atoms with E-state index in [4.69, 9.17) is 5.73 Å². The fraction of sp³-hybridized carbons (Fsp3) is 0.727.